The summed E-state index contributed by atoms with van der Waals surface area (Å²) in [6.07, 6.45) is 2.01. The summed E-state index contributed by atoms with van der Waals surface area (Å²) in [5.74, 6) is 6.05. The molecular formula is C12H17ClN2O2. The predicted molar refractivity (Wildman–Crippen MR) is 68.5 cm³/mol. The number of piperidine rings is 1. The van der Waals surface area contributed by atoms with E-state index in [1.165, 1.54) is 0 Å². The highest BCUT2D eigenvalue weighted by Crippen LogP contribution is 2.33. The molecule has 0 atom stereocenters. The first kappa shape index (κ1) is 12.5. The monoisotopic (exact) mass is 256 g/mol. The number of benzene rings is 1. The van der Waals surface area contributed by atoms with Crippen LogP contribution in [0.3, 0.4) is 0 Å². The van der Waals surface area contributed by atoms with E-state index in [-0.39, 0.29) is 6.10 Å². The molecule has 1 aliphatic rings. The lowest BCUT2D eigenvalue weighted by Gasteiger charge is -2.33. The van der Waals surface area contributed by atoms with Gasteiger partial charge >= 0.3 is 0 Å². The van der Waals surface area contributed by atoms with Crippen molar-refractivity contribution in [1.82, 2.24) is 0 Å². The van der Waals surface area contributed by atoms with Crippen molar-refractivity contribution < 1.29 is 9.57 Å². The Hall–Kier alpha value is -0.970. The molecule has 0 aromatic heterocycles. The fourth-order valence-electron chi connectivity index (χ4n) is 2.14. The summed E-state index contributed by atoms with van der Waals surface area (Å²) >= 11 is 6.02. The van der Waals surface area contributed by atoms with Crippen molar-refractivity contribution in [2.75, 3.05) is 25.1 Å². The van der Waals surface area contributed by atoms with Gasteiger partial charge in [0.05, 0.1) is 18.9 Å². The third-order valence-corrected chi connectivity index (χ3v) is 3.35. The van der Waals surface area contributed by atoms with E-state index >= 15 is 0 Å². The standard InChI is InChI=1S/C12H17ClN2O2/c1-16-12-3-2-9(13)8-11(12)15-6-4-10(17-14)5-7-15/h2-3,8,10H,4-7,14H2,1H3. The Balaban J connectivity index is 2.14. The third kappa shape index (κ3) is 2.83. The van der Waals surface area contributed by atoms with Crippen LogP contribution in [0.2, 0.25) is 5.02 Å². The lowest BCUT2D eigenvalue weighted by atomic mass is 10.1. The van der Waals surface area contributed by atoms with Crippen molar-refractivity contribution in [2.24, 2.45) is 5.90 Å². The molecule has 0 bridgehead atoms. The Bertz CT molecular complexity index is 379. The maximum absolute atomic E-state index is 6.02. The second-order valence-electron chi connectivity index (χ2n) is 4.14. The molecule has 1 fully saturated rings. The van der Waals surface area contributed by atoms with Gasteiger partial charge in [-0.1, -0.05) is 11.6 Å². The van der Waals surface area contributed by atoms with Crippen LogP contribution >= 0.6 is 11.6 Å². The number of nitrogens with two attached hydrogens (primary N) is 1. The van der Waals surface area contributed by atoms with Gasteiger partial charge in [0.2, 0.25) is 0 Å². The van der Waals surface area contributed by atoms with Crippen LogP contribution in [0.1, 0.15) is 12.8 Å². The predicted octanol–water partition coefficient (Wildman–Crippen LogP) is 2.21. The van der Waals surface area contributed by atoms with Crippen molar-refractivity contribution in [3.05, 3.63) is 23.2 Å². The molecule has 0 radical (unpaired) electrons. The minimum Gasteiger partial charge on any atom is -0.495 e. The normalized spacial score (nSPS) is 17.2. The molecule has 2 rings (SSSR count). The molecule has 0 unspecified atom stereocenters. The molecule has 1 aromatic rings. The highest BCUT2D eigenvalue weighted by molar-refractivity contribution is 6.30. The van der Waals surface area contributed by atoms with Crippen LogP contribution in [0.5, 0.6) is 5.75 Å². The van der Waals surface area contributed by atoms with E-state index in [2.05, 4.69) is 4.90 Å². The van der Waals surface area contributed by atoms with Gasteiger partial charge in [0, 0.05) is 18.1 Å². The zero-order chi connectivity index (χ0) is 12.3. The molecule has 5 heteroatoms. The zero-order valence-electron chi connectivity index (χ0n) is 9.86. The Morgan fingerprint density at radius 2 is 2.06 bits per heavy atom. The molecule has 94 valence electrons. The Labute approximate surface area is 106 Å². The first-order valence-corrected chi connectivity index (χ1v) is 6.06. The summed E-state index contributed by atoms with van der Waals surface area (Å²) in [6.45, 7) is 1.80. The number of nitrogens with zero attached hydrogens (tertiary/aromatic N) is 1. The van der Waals surface area contributed by atoms with E-state index < -0.39 is 0 Å². The molecule has 0 amide bonds. The SMILES string of the molecule is COc1ccc(Cl)cc1N1CCC(ON)CC1. The number of anilines is 1. The molecule has 17 heavy (non-hydrogen) atoms. The Morgan fingerprint density at radius 3 is 2.65 bits per heavy atom. The Morgan fingerprint density at radius 1 is 1.35 bits per heavy atom. The zero-order valence-corrected chi connectivity index (χ0v) is 10.6. The van der Waals surface area contributed by atoms with Gasteiger partial charge in [-0.15, -0.1) is 0 Å². The van der Waals surface area contributed by atoms with Crippen molar-refractivity contribution in [3.63, 3.8) is 0 Å². The molecule has 0 spiro atoms. The largest absolute Gasteiger partial charge is 0.495 e. The molecule has 0 aliphatic carbocycles. The highest BCUT2D eigenvalue weighted by atomic mass is 35.5. The lowest BCUT2D eigenvalue weighted by molar-refractivity contribution is 0.0367. The summed E-state index contributed by atoms with van der Waals surface area (Å²) < 4.78 is 5.35. The van der Waals surface area contributed by atoms with Gasteiger partial charge in [-0.05, 0) is 31.0 Å². The van der Waals surface area contributed by atoms with Gasteiger partial charge in [-0.3, -0.25) is 0 Å². The van der Waals surface area contributed by atoms with Crippen LogP contribution in [-0.2, 0) is 4.84 Å². The van der Waals surface area contributed by atoms with E-state index in [1.54, 1.807) is 7.11 Å². The smallest absolute Gasteiger partial charge is 0.142 e. The number of rotatable bonds is 3. The van der Waals surface area contributed by atoms with Gasteiger partial charge in [-0.2, -0.15) is 0 Å². The quantitative estimate of drug-likeness (QED) is 0.843. The van der Waals surface area contributed by atoms with Gasteiger partial charge < -0.3 is 14.5 Å². The molecule has 4 nitrogen and oxygen atoms in total. The van der Waals surface area contributed by atoms with Gasteiger partial charge in [0.15, 0.2) is 0 Å². The molecule has 1 aromatic carbocycles. The van der Waals surface area contributed by atoms with Gasteiger partial charge in [0.1, 0.15) is 5.75 Å². The fraction of sp³-hybridized carbons (Fsp3) is 0.500. The maximum atomic E-state index is 6.02. The van der Waals surface area contributed by atoms with Gasteiger partial charge in [-0.25, -0.2) is 5.90 Å². The molecule has 1 aliphatic heterocycles. The van der Waals surface area contributed by atoms with Crippen LogP contribution in [-0.4, -0.2) is 26.3 Å². The molecule has 1 saturated heterocycles. The van der Waals surface area contributed by atoms with E-state index in [1.807, 2.05) is 18.2 Å². The Kier molecular flexibility index (Phi) is 4.10. The summed E-state index contributed by atoms with van der Waals surface area (Å²) in [6, 6.07) is 5.66. The third-order valence-electron chi connectivity index (χ3n) is 3.12. The summed E-state index contributed by atoms with van der Waals surface area (Å²) in [7, 11) is 1.67. The average molecular weight is 257 g/mol. The lowest BCUT2D eigenvalue weighted by Crippen LogP contribution is -2.38. The highest BCUT2D eigenvalue weighted by Gasteiger charge is 2.21. The van der Waals surface area contributed by atoms with Crippen LogP contribution < -0.4 is 15.5 Å². The summed E-state index contributed by atoms with van der Waals surface area (Å²) in [5.41, 5.74) is 1.04. The van der Waals surface area contributed by atoms with Crippen LogP contribution in [0.25, 0.3) is 0 Å². The van der Waals surface area contributed by atoms with E-state index in [4.69, 9.17) is 27.1 Å². The van der Waals surface area contributed by atoms with Crippen LogP contribution in [0.15, 0.2) is 18.2 Å². The molecule has 2 N–H and O–H groups in total. The van der Waals surface area contributed by atoms with Crippen LogP contribution in [0, 0.1) is 0 Å². The number of halogens is 1. The number of methoxy groups -OCH3 is 1. The van der Waals surface area contributed by atoms with Gasteiger partial charge in [0.25, 0.3) is 0 Å². The number of hydrogen-bond acceptors (Lipinski definition) is 4. The second kappa shape index (κ2) is 5.58. The fourth-order valence-corrected chi connectivity index (χ4v) is 2.31. The topological polar surface area (TPSA) is 47.7 Å². The van der Waals surface area contributed by atoms with Crippen LogP contribution in [0.4, 0.5) is 5.69 Å². The molecular weight excluding hydrogens is 240 g/mol. The number of hydrogen-bond donors (Lipinski definition) is 1. The van der Waals surface area contributed by atoms with E-state index in [0.29, 0.717) is 0 Å². The summed E-state index contributed by atoms with van der Waals surface area (Å²) in [4.78, 5) is 7.12. The van der Waals surface area contributed by atoms with E-state index in [0.717, 1.165) is 42.4 Å². The maximum Gasteiger partial charge on any atom is 0.142 e. The minimum absolute atomic E-state index is 0.163. The summed E-state index contributed by atoms with van der Waals surface area (Å²) in [5, 5.41) is 0.720. The van der Waals surface area contributed by atoms with E-state index in [9.17, 15) is 0 Å². The first-order chi connectivity index (χ1) is 8.24. The second-order valence-corrected chi connectivity index (χ2v) is 4.58. The van der Waals surface area contributed by atoms with Crippen molar-refractivity contribution in [3.8, 4) is 5.75 Å². The average Bonchev–Trinajstić information content (AvgIpc) is 2.39. The molecule has 1 heterocycles. The van der Waals surface area contributed by atoms with Crippen molar-refractivity contribution >= 4 is 17.3 Å². The number of ether oxygens (including phenoxy) is 1. The van der Waals surface area contributed by atoms with Crippen molar-refractivity contribution in [2.45, 2.75) is 18.9 Å². The molecule has 0 saturated carbocycles. The minimum atomic E-state index is 0.163. The first-order valence-electron chi connectivity index (χ1n) is 5.68. The van der Waals surface area contributed by atoms with Crippen molar-refractivity contribution in [1.29, 1.82) is 0 Å².